The van der Waals surface area contributed by atoms with Crippen LogP contribution in [0, 0.1) is 0 Å². The van der Waals surface area contributed by atoms with Crippen LogP contribution in [-0.2, 0) is 19.4 Å². The third-order valence-corrected chi connectivity index (χ3v) is 4.78. The molecule has 0 spiro atoms. The molecule has 108 valence electrons. The minimum absolute atomic E-state index is 0.0703. The molecule has 5 nitrogen and oxygen atoms in total. The number of rotatable bonds is 4. The number of hydrogen-bond donors (Lipinski definition) is 0. The van der Waals surface area contributed by atoms with Crippen molar-refractivity contribution >= 4 is 15.6 Å². The Morgan fingerprint density at radius 1 is 1.25 bits per heavy atom. The summed E-state index contributed by atoms with van der Waals surface area (Å²) in [5, 5.41) is 0. The summed E-state index contributed by atoms with van der Waals surface area (Å²) < 4.78 is 35.0. The lowest BCUT2D eigenvalue weighted by Gasteiger charge is -2.15. The number of ether oxygens (including phenoxy) is 2. The molecule has 2 rings (SSSR count). The predicted molar refractivity (Wildman–Crippen MR) is 73.3 cm³/mol. The van der Waals surface area contributed by atoms with E-state index in [-0.39, 0.29) is 22.0 Å². The van der Waals surface area contributed by atoms with Gasteiger partial charge < -0.3 is 9.47 Å². The highest BCUT2D eigenvalue weighted by molar-refractivity contribution is 7.91. The van der Waals surface area contributed by atoms with Crippen LogP contribution in [0.3, 0.4) is 0 Å². The third-order valence-electron chi connectivity index (χ3n) is 3.08. The van der Waals surface area contributed by atoms with E-state index < -0.39 is 21.2 Å². The summed E-state index contributed by atoms with van der Waals surface area (Å²) in [6.45, 7) is 3.21. The predicted octanol–water partition coefficient (Wildman–Crippen LogP) is 1.73. The first-order chi connectivity index (χ1) is 9.28. The van der Waals surface area contributed by atoms with E-state index >= 15 is 0 Å². The van der Waals surface area contributed by atoms with Gasteiger partial charge in [0.2, 0.25) is 5.78 Å². The second kappa shape index (κ2) is 4.94. The number of Topliss-reactive ketones (excluding diaryl/α,β-unsaturated/α-hetero) is 1. The van der Waals surface area contributed by atoms with E-state index in [9.17, 15) is 13.2 Å². The highest BCUT2D eigenvalue weighted by Gasteiger charge is 2.39. The molecule has 1 aliphatic heterocycles. The molecule has 0 bridgehead atoms. The lowest BCUT2D eigenvalue weighted by Crippen LogP contribution is -2.30. The zero-order valence-corrected chi connectivity index (χ0v) is 12.4. The monoisotopic (exact) mass is 296 g/mol. The molecule has 1 heterocycles. The van der Waals surface area contributed by atoms with E-state index in [1.54, 1.807) is 32.0 Å². The van der Waals surface area contributed by atoms with Gasteiger partial charge in [-0.3, -0.25) is 4.79 Å². The minimum atomic E-state index is -3.66. The largest absolute Gasteiger partial charge is 0.495 e. The second-order valence-electron chi connectivity index (χ2n) is 5.01. The molecule has 0 fully saturated rings. The van der Waals surface area contributed by atoms with Crippen LogP contribution < -0.4 is 4.74 Å². The van der Waals surface area contributed by atoms with Gasteiger partial charge in [-0.05, 0) is 26.0 Å². The molecule has 0 atom stereocenters. The summed E-state index contributed by atoms with van der Waals surface area (Å²) >= 11 is 0. The van der Waals surface area contributed by atoms with Gasteiger partial charge in [0.25, 0.3) is 0 Å². The standard InChI is InChI=1S/C14H16O5S/c1-14(2)13(15)10(8-19-14)9-20(16,17)12-7-5-4-6-11(12)18-3/h4-8H,9H2,1-3H3. The first-order valence-corrected chi connectivity index (χ1v) is 7.70. The van der Waals surface area contributed by atoms with E-state index in [0.29, 0.717) is 0 Å². The lowest BCUT2D eigenvalue weighted by atomic mass is 10.0. The Labute approximate surface area is 118 Å². The van der Waals surface area contributed by atoms with Crippen molar-refractivity contribution in [2.24, 2.45) is 0 Å². The van der Waals surface area contributed by atoms with Gasteiger partial charge in [-0.25, -0.2) is 8.42 Å². The van der Waals surface area contributed by atoms with Crippen LogP contribution in [0.1, 0.15) is 13.8 Å². The smallest absolute Gasteiger partial charge is 0.205 e. The van der Waals surface area contributed by atoms with Crippen molar-refractivity contribution < 1.29 is 22.7 Å². The van der Waals surface area contributed by atoms with Crippen LogP contribution in [0.5, 0.6) is 5.75 Å². The van der Waals surface area contributed by atoms with Crippen molar-refractivity contribution in [2.45, 2.75) is 24.3 Å². The van der Waals surface area contributed by atoms with Crippen LogP contribution >= 0.6 is 0 Å². The normalized spacial score (nSPS) is 17.6. The molecule has 0 N–H and O–H groups in total. The maximum atomic E-state index is 12.4. The van der Waals surface area contributed by atoms with Gasteiger partial charge in [0.05, 0.1) is 19.1 Å². The van der Waals surface area contributed by atoms with Crippen molar-refractivity contribution in [2.75, 3.05) is 12.9 Å². The Morgan fingerprint density at radius 2 is 1.90 bits per heavy atom. The number of benzene rings is 1. The highest BCUT2D eigenvalue weighted by atomic mass is 32.2. The quantitative estimate of drug-likeness (QED) is 0.846. The molecular formula is C14H16O5S. The number of ketones is 1. The first kappa shape index (κ1) is 14.6. The minimum Gasteiger partial charge on any atom is -0.495 e. The molecule has 0 saturated heterocycles. The highest BCUT2D eigenvalue weighted by Crippen LogP contribution is 2.29. The van der Waals surface area contributed by atoms with Gasteiger partial charge in [0.1, 0.15) is 10.6 Å². The van der Waals surface area contributed by atoms with Gasteiger partial charge in [0, 0.05) is 5.57 Å². The molecule has 1 aromatic rings. The summed E-state index contributed by atoms with van der Waals surface area (Å²) in [6.07, 6.45) is 1.23. The fourth-order valence-electron chi connectivity index (χ4n) is 1.97. The Morgan fingerprint density at radius 3 is 2.45 bits per heavy atom. The van der Waals surface area contributed by atoms with Crippen molar-refractivity contribution in [1.82, 2.24) is 0 Å². The molecule has 6 heteroatoms. The number of carbonyl (C=O) groups excluding carboxylic acids is 1. The summed E-state index contributed by atoms with van der Waals surface area (Å²) in [6, 6.07) is 6.32. The lowest BCUT2D eigenvalue weighted by molar-refractivity contribution is -0.126. The van der Waals surface area contributed by atoms with Crippen LogP contribution in [0.4, 0.5) is 0 Å². The molecule has 0 saturated carbocycles. The van der Waals surface area contributed by atoms with Crippen molar-refractivity contribution in [3.05, 3.63) is 36.1 Å². The molecule has 0 aromatic heterocycles. The van der Waals surface area contributed by atoms with Crippen LogP contribution in [0.2, 0.25) is 0 Å². The maximum absolute atomic E-state index is 12.4. The van der Waals surface area contributed by atoms with Gasteiger partial charge in [-0.2, -0.15) is 0 Å². The summed E-state index contributed by atoms with van der Waals surface area (Å²) in [7, 11) is -2.26. The van der Waals surface area contributed by atoms with Gasteiger partial charge in [0.15, 0.2) is 15.4 Å². The maximum Gasteiger partial charge on any atom is 0.205 e. The van der Waals surface area contributed by atoms with E-state index in [0.717, 1.165) is 0 Å². The second-order valence-corrected chi connectivity index (χ2v) is 6.97. The molecule has 0 aliphatic carbocycles. The van der Waals surface area contributed by atoms with E-state index in [1.807, 2.05) is 0 Å². The molecule has 20 heavy (non-hydrogen) atoms. The van der Waals surface area contributed by atoms with Gasteiger partial charge in [-0.1, -0.05) is 12.1 Å². The van der Waals surface area contributed by atoms with E-state index in [4.69, 9.17) is 9.47 Å². The third kappa shape index (κ3) is 2.56. The van der Waals surface area contributed by atoms with E-state index in [2.05, 4.69) is 0 Å². The topological polar surface area (TPSA) is 69.7 Å². The fourth-order valence-corrected chi connectivity index (χ4v) is 3.48. The zero-order chi connectivity index (χ0) is 15.0. The van der Waals surface area contributed by atoms with Crippen molar-refractivity contribution in [1.29, 1.82) is 0 Å². The van der Waals surface area contributed by atoms with Gasteiger partial charge in [-0.15, -0.1) is 0 Å². The van der Waals surface area contributed by atoms with Crippen molar-refractivity contribution in [3.8, 4) is 5.75 Å². The number of hydrogen-bond acceptors (Lipinski definition) is 5. The number of carbonyl (C=O) groups is 1. The molecule has 0 radical (unpaired) electrons. The molecule has 1 aromatic carbocycles. The Balaban J connectivity index is 2.32. The zero-order valence-electron chi connectivity index (χ0n) is 11.5. The molecule has 0 unspecified atom stereocenters. The Bertz CT molecular complexity index is 671. The average molecular weight is 296 g/mol. The molecular weight excluding hydrogens is 280 g/mol. The molecule has 0 amide bonds. The van der Waals surface area contributed by atoms with Crippen molar-refractivity contribution in [3.63, 3.8) is 0 Å². The summed E-state index contributed by atoms with van der Waals surface area (Å²) in [5.74, 6) is -0.440. The van der Waals surface area contributed by atoms with Crippen LogP contribution in [0.15, 0.2) is 41.0 Å². The SMILES string of the molecule is COc1ccccc1S(=O)(=O)CC1=COC(C)(C)C1=O. The fraction of sp³-hybridized carbons (Fsp3) is 0.357. The van der Waals surface area contributed by atoms with Crippen LogP contribution in [-0.4, -0.2) is 32.7 Å². The van der Waals surface area contributed by atoms with Crippen LogP contribution in [0.25, 0.3) is 0 Å². The summed E-state index contributed by atoms with van der Waals surface area (Å²) in [4.78, 5) is 12.1. The average Bonchev–Trinajstić information content (AvgIpc) is 2.65. The first-order valence-electron chi connectivity index (χ1n) is 6.05. The summed E-state index contributed by atoms with van der Waals surface area (Å²) in [5.41, 5.74) is -0.841. The number of para-hydroxylation sites is 1. The van der Waals surface area contributed by atoms with E-state index in [1.165, 1.54) is 19.4 Å². The number of methoxy groups -OCH3 is 1. The Hall–Kier alpha value is -1.82. The number of sulfone groups is 1. The Kier molecular flexibility index (Phi) is 3.60. The van der Waals surface area contributed by atoms with Gasteiger partial charge >= 0.3 is 0 Å². The molecule has 1 aliphatic rings.